The Balaban J connectivity index is 0.00000156. The summed E-state index contributed by atoms with van der Waals surface area (Å²) < 4.78 is 5.74. The van der Waals surface area contributed by atoms with E-state index < -0.39 is 0 Å². The Labute approximate surface area is 162 Å². The van der Waals surface area contributed by atoms with Crippen LogP contribution in [0.3, 0.4) is 0 Å². The van der Waals surface area contributed by atoms with Crippen LogP contribution in [-0.4, -0.2) is 61.1 Å². The average Bonchev–Trinajstić information content (AvgIpc) is 3.02. The van der Waals surface area contributed by atoms with Gasteiger partial charge in [-0.2, -0.15) is 0 Å². The number of amides is 1. The number of nitrogens with two attached hydrogens (primary N) is 1. The molecule has 7 heteroatoms. The fourth-order valence-electron chi connectivity index (χ4n) is 3.50. The zero-order chi connectivity index (χ0) is 16.1. The second-order valence-electron chi connectivity index (χ2n) is 6.60. The van der Waals surface area contributed by atoms with E-state index in [4.69, 9.17) is 10.5 Å². The van der Waals surface area contributed by atoms with Crippen molar-refractivity contribution in [2.24, 2.45) is 11.7 Å². The molecular formula is C18H29Cl2N3O2. The SMILES string of the molecule is Cl.Cl.NC1CCC(C(=O)N2CCN(CCOc3ccccc3)CC2)C1. The number of hydrogen-bond acceptors (Lipinski definition) is 4. The third-order valence-electron chi connectivity index (χ3n) is 4.93. The van der Waals surface area contributed by atoms with Crippen LogP contribution < -0.4 is 10.5 Å². The Morgan fingerprint density at radius 2 is 1.76 bits per heavy atom. The van der Waals surface area contributed by atoms with Crippen LogP contribution >= 0.6 is 24.8 Å². The zero-order valence-corrected chi connectivity index (χ0v) is 16.1. The summed E-state index contributed by atoms with van der Waals surface area (Å²) in [4.78, 5) is 16.9. The summed E-state index contributed by atoms with van der Waals surface area (Å²) in [5.74, 6) is 1.40. The van der Waals surface area contributed by atoms with Crippen molar-refractivity contribution in [1.82, 2.24) is 9.80 Å². The number of benzene rings is 1. The van der Waals surface area contributed by atoms with Gasteiger partial charge in [0.1, 0.15) is 12.4 Å². The van der Waals surface area contributed by atoms with Gasteiger partial charge < -0.3 is 15.4 Å². The maximum Gasteiger partial charge on any atom is 0.225 e. The molecule has 0 aromatic heterocycles. The number of para-hydroxylation sites is 1. The van der Waals surface area contributed by atoms with Crippen LogP contribution in [0.1, 0.15) is 19.3 Å². The van der Waals surface area contributed by atoms with Gasteiger partial charge in [-0.1, -0.05) is 18.2 Å². The minimum absolute atomic E-state index is 0. The van der Waals surface area contributed by atoms with E-state index in [1.165, 1.54) is 0 Å². The molecule has 25 heavy (non-hydrogen) atoms. The highest BCUT2D eigenvalue weighted by atomic mass is 35.5. The molecule has 1 aromatic rings. The van der Waals surface area contributed by atoms with E-state index in [9.17, 15) is 4.79 Å². The molecule has 142 valence electrons. The fourth-order valence-corrected chi connectivity index (χ4v) is 3.50. The fraction of sp³-hybridized carbons (Fsp3) is 0.611. The highest BCUT2D eigenvalue weighted by molar-refractivity contribution is 5.85. The van der Waals surface area contributed by atoms with E-state index in [1.54, 1.807) is 0 Å². The Kier molecular flexibility index (Phi) is 9.57. The van der Waals surface area contributed by atoms with Crippen molar-refractivity contribution in [3.05, 3.63) is 30.3 Å². The lowest BCUT2D eigenvalue weighted by atomic mass is 10.1. The summed E-state index contributed by atoms with van der Waals surface area (Å²) in [5, 5.41) is 0. The van der Waals surface area contributed by atoms with E-state index in [-0.39, 0.29) is 36.8 Å². The van der Waals surface area contributed by atoms with Crippen molar-refractivity contribution in [2.45, 2.75) is 25.3 Å². The molecule has 1 heterocycles. The summed E-state index contributed by atoms with van der Waals surface area (Å²) in [7, 11) is 0. The second-order valence-corrected chi connectivity index (χ2v) is 6.60. The van der Waals surface area contributed by atoms with Crippen molar-refractivity contribution in [1.29, 1.82) is 0 Å². The number of ether oxygens (including phenoxy) is 1. The molecule has 3 rings (SSSR count). The highest BCUT2D eigenvalue weighted by Gasteiger charge is 2.32. The minimum Gasteiger partial charge on any atom is -0.492 e. The van der Waals surface area contributed by atoms with E-state index >= 15 is 0 Å². The van der Waals surface area contributed by atoms with Crippen molar-refractivity contribution < 1.29 is 9.53 Å². The van der Waals surface area contributed by atoms with Crippen molar-refractivity contribution in [3.63, 3.8) is 0 Å². The van der Waals surface area contributed by atoms with Gasteiger partial charge >= 0.3 is 0 Å². The van der Waals surface area contributed by atoms with Crippen LogP contribution in [-0.2, 0) is 4.79 Å². The molecule has 2 aliphatic rings. The number of hydrogen-bond donors (Lipinski definition) is 1. The van der Waals surface area contributed by atoms with Crippen molar-refractivity contribution in [2.75, 3.05) is 39.3 Å². The lowest BCUT2D eigenvalue weighted by Gasteiger charge is -2.35. The Morgan fingerprint density at radius 3 is 2.36 bits per heavy atom. The van der Waals surface area contributed by atoms with Gasteiger partial charge in [0.15, 0.2) is 0 Å². The largest absolute Gasteiger partial charge is 0.492 e. The summed E-state index contributed by atoms with van der Waals surface area (Å²) in [5.41, 5.74) is 5.92. The Morgan fingerprint density at radius 1 is 1.08 bits per heavy atom. The van der Waals surface area contributed by atoms with Gasteiger partial charge in [-0.15, -0.1) is 24.8 Å². The lowest BCUT2D eigenvalue weighted by Crippen LogP contribution is -2.50. The van der Waals surface area contributed by atoms with E-state index in [1.807, 2.05) is 35.2 Å². The molecule has 0 radical (unpaired) electrons. The molecule has 2 unspecified atom stereocenters. The van der Waals surface area contributed by atoms with Gasteiger partial charge in [0.05, 0.1) is 0 Å². The van der Waals surface area contributed by atoms with Crippen LogP contribution in [0.15, 0.2) is 30.3 Å². The second kappa shape index (κ2) is 10.9. The third kappa shape index (κ3) is 6.33. The van der Waals surface area contributed by atoms with Gasteiger partial charge in [-0.3, -0.25) is 9.69 Å². The van der Waals surface area contributed by atoms with Crippen LogP contribution in [0.25, 0.3) is 0 Å². The van der Waals surface area contributed by atoms with Crippen LogP contribution in [0, 0.1) is 5.92 Å². The Hall–Kier alpha value is -1.01. The maximum absolute atomic E-state index is 12.5. The number of rotatable bonds is 5. The molecular weight excluding hydrogens is 361 g/mol. The molecule has 2 atom stereocenters. The monoisotopic (exact) mass is 389 g/mol. The first kappa shape index (κ1) is 22.0. The number of carbonyl (C=O) groups excluding carboxylic acids is 1. The number of carbonyl (C=O) groups is 1. The quantitative estimate of drug-likeness (QED) is 0.838. The van der Waals surface area contributed by atoms with Gasteiger partial charge in [0, 0.05) is 44.7 Å². The third-order valence-corrected chi connectivity index (χ3v) is 4.93. The zero-order valence-electron chi connectivity index (χ0n) is 14.5. The first-order valence-corrected chi connectivity index (χ1v) is 8.67. The molecule has 2 N–H and O–H groups in total. The smallest absolute Gasteiger partial charge is 0.225 e. The van der Waals surface area contributed by atoms with Gasteiger partial charge in [0.25, 0.3) is 0 Å². The van der Waals surface area contributed by atoms with Crippen molar-refractivity contribution in [3.8, 4) is 5.75 Å². The molecule has 0 bridgehead atoms. The first-order valence-electron chi connectivity index (χ1n) is 8.67. The molecule has 1 saturated carbocycles. The highest BCUT2D eigenvalue weighted by Crippen LogP contribution is 2.26. The van der Waals surface area contributed by atoms with Gasteiger partial charge in [0.2, 0.25) is 5.91 Å². The van der Waals surface area contributed by atoms with E-state index in [2.05, 4.69) is 4.90 Å². The van der Waals surface area contributed by atoms with Crippen LogP contribution in [0.2, 0.25) is 0 Å². The number of piperazine rings is 1. The van der Waals surface area contributed by atoms with E-state index in [0.29, 0.717) is 12.5 Å². The first-order chi connectivity index (χ1) is 11.2. The minimum atomic E-state index is 0. The summed E-state index contributed by atoms with van der Waals surface area (Å²) >= 11 is 0. The topological polar surface area (TPSA) is 58.8 Å². The number of nitrogens with zero attached hydrogens (tertiary/aromatic N) is 2. The average molecular weight is 390 g/mol. The summed E-state index contributed by atoms with van der Waals surface area (Å²) in [6.07, 6.45) is 2.82. The number of halogens is 2. The molecule has 1 saturated heterocycles. The van der Waals surface area contributed by atoms with Crippen LogP contribution in [0.5, 0.6) is 5.75 Å². The molecule has 1 aromatic carbocycles. The van der Waals surface area contributed by atoms with Crippen molar-refractivity contribution >= 4 is 30.7 Å². The molecule has 5 nitrogen and oxygen atoms in total. The maximum atomic E-state index is 12.5. The molecule has 0 spiro atoms. The normalized spacial score (nSPS) is 23.5. The van der Waals surface area contributed by atoms with E-state index in [0.717, 1.165) is 57.7 Å². The van der Waals surface area contributed by atoms with Gasteiger partial charge in [-0.25, -0.2) is 0 Å². The molecule has 1 aliphatic carbocycles. The summed E-state index contributed by atoms with van der Waals surface area (Å²) in [6.45, 7) is 5.12. The molecule has 2 fully saturated rings. The van der Waals surface area contributed by atoms with Gasteiger partial charge in [-0.05, 0) is 31.4 Å². The molecule has 1 aliphatic heterocycles. The predicted molar refractivity (Wildman–Crippen MR) is 105 cm³/mol. The lowest BCUT2D eigenvalue weighted by molar-refractivity contribution is -0.137. The Bertz CT molecular complexity index is 510. The van der Waals surface area contributed by atoms with Crippen LogP contribution in [0.4, 0.5) is 0 Å². The molecule has 1 amide bonds. The summed E-state index contributed by atoms with van der Waals surface area (Å²) in [6, 6.07) is 10.1. The predicted octanol–water partition coefficient (Wildman–Crippen LogP) is 2.18. The standard InChI is InChI=1S/C18H27N3O2.2ClH/c19-16-7-6-15(14-16)18(22)21-10-8-20(9-11-21)12-13-23-17-4-2-1-3-5-17;;/h1-5,15-16H,6-14,19H2;2*1H.